The fraction of sp³-hybridized carbons (Fsp3) is 0.387. The van der Waals surface area contributed by atoms with E-state index in [1.165, 1.54) is 12.1 Å². The number of halogens is 4. The summed E-state index contributed by atoms with van der Waals surface area (Å²) in [5.41, 5.74) is 0.855. The van der Waals surface area contributed by atoms with E-state index in [-0.39, 0.29) is 23.0 Å². The number of benzene rings is 2. The number of rotatable bonds is 7. The maximum atomic E-state index is 15.8. The van der Waals surface area contributed by atoms with Gasteiger partial charge in [-0.1, -0.05) is 24.8 Å². The van der Waals surface area contributed by atoms with E-state index in [1.54, 1.807) is 6.07 Å². The Bertz CT molecular complexity index is 1410. The first-order valence-electron chi connectivity index (χ1n) is 13.9. The number of nitrogens with one attached hydrogen (secondary N) is 2. The molecular weight excluding hydrogens is 550 g/mol. The molecule has 2 aromatic rings. The van der Waals surface area contributed by atoms with Crippen LogP contribution in [0.15, 0.2) is 72.1 Å². The van der Waals surface area contributed by atoms with Gasteiger partial charge in [0.15, 0.2) is 0 Å². The lowest BCUT2D eigenvalue weighted by Crippen LogP contribution is -2.35. The highest BCUT2D eigenvalue weighted by Gasteiger charge is 2.40. The number of morpholine rings is 1. The maximum absolute atomic E-state index is 15.8. The number of dihydropyridines is 1. The minimum atomic E-state index is -4.76. The summed E-state index contributed by atoms with van der Waals surface area (Å²) in [6.07, 6.45) is -2.14. The Morgan fingerprint density at radius 3 is 2.62 bits per heavy atom. The minimum absolute atomic E-state index is 0.0207. The molecule has 5 rings (SSSR count). The number of alkyl halides is 3. The van der Waals surface area contributed by atoms with Crippen molar-refractivity contribution in [2.24, 2.45) is 0 Å². The van der Waals surface area contributed by atoms with Crippen LogP contribution in [-0.2, 0) is 16.1 Å². The average Bonchev–Trinajstić information content (AvgIpc) is 3.45. The van der Waals surface area contributed by atoms with Crippen LogP contribution in [-0.4, -0.2) is 81.4 Å². The molecule has 3 aliphatic heterocycles. The van der Waals surface area contributed by atoms with Gasteiger partial charge in [-0.05, 0) is 55.9 Å². The van der Waals surface area contributed by atoms with Gasteiger partial charge in [0.25, 0.3) is 5.91 Å². The number of likely N-dealkylation sites (N-methyl/N-ethyl adjacent to an activating group) is 1. The van der Waals surface area contributed by atoms with Crippen molar-refractivity contribution in [3.63, 3.8) is 0 Å². The number of hydrogen-bond acceptors (Lipinski definition) is 6. The highest BCUT2D eigenvalue weighted by molar-refractivity contribution is 6.09. The summed E-state index contributed by atoms with van der Waals surface area (Å²) in [5, 5.41) is 5.27. The Hall–Kier alpha value is -3.67. The molecule has 0 bridgehead atoms. The second-order valence-electron chi connectivity index (χ2n) is 11.0. The molecule has 7 nitrogen and oxygen atoms in total. The standard InChI is InChI=1S/C31H35F4N5O2/c1-20-13-26(31(33,34)35)25(17-36-20)30(41)37-28-15-24(27(32)16-29(28)40-8-7-23(19-40)38(2)3)22-6-4-5-21(14-22)18-39-9-11-42-12-10-39/h4-6,13-17,23,36H,1,7-12,18-19H2,2-3H3,(H,37,41). The first kappa shape index (κ1) is 29.8. The number of carbonyl (C=O) groups excluding carboxylic acids is 1. The van der Waals surface area contributed by atoms with Crippen LogP contribution in [0.4, 0.5) is 28.9 Å². The molecule has 224 valence electrons. The molecule has 0 saturated carbocycles. The second-order valence-corrected chi connectivity index (χ2v) is 11.0. The Morgan fingerprint density at radius 1 is 1.17 bits per heavy atom. The van der Waals surface area contributed by atoms with Crippen LogP contribution in [0, 0.1) is 5.82 Å². The van der Waals surface area contributed by atoms with Crippen LogP contribution in [0.3, 0.4) is 0 Å². The van der Waals surface area contributed by atoms with E-state index in [4.69, 9.17) is 4.74 Å². The summed E-state index contributed by atoms with van der Waals surface area (Å²) in [4.78, 5) is 19.6. The van der Waals surface area contributed by atoms with E-state index in [2.05, 4.69) is 27.0 Å². The van der Waals surface area contributed by atoms with Crippen molar-refractivity contribution in [3.8, 4) is 11.1 Å². The second kappa shape index (κ2) is 12.3. The number of allylic oxidation sites excluding steroid dienone is 1. The van der Waals surface area contributed by atoms with Crippen molar-refractivity contribution >= 4 is 17.3 Å². The normalized spacial score (nSPS) is 19.9. The number of carbonyl (C=O) groups is 1. The van der Waals surface area contributed by atoms with Gasteiger partial charge in [-0.2, -0.15) is 13.2 Å². The molecule has 42 heavy (non-hydrogen) atoms. The Morgan fingerprint density at radius 2 is 1.93 bits per heavy atom. The Balaban J connectivity index is 1.50. The first-order valence-corrected chi connectivity index (χ1v) is 13.9. The van der Waals surface area contributed by atoms with Gasteiger partial charge in [0.05, 0.1) is 35.7 Å². The third-order valence-electron chi connectivity index (χ3n) is 7.88. The van der Waals surface area contributed by atoms with Crippen LogP contribution in [0.25, 0.3) is 11.1 Å². The molecule has 2 N–H and O–H groups in total. The molecule has 1 amide bonds. The van der Waals surface area contributed by atoms with Crippen LogP contribution in [0.1, 0.15) is 12.0 Å². The summed E-state index contributed by atoms with van der Waals surface area (Å²) in [7, 11) is 3.93. The van der Waals surface area contributed by atoms with E-state index in [0.717, 1.165) is 37.3 Å². The molecule has 2 aromatic carbocycles. The molecule has 1 unspecified atom stereocenters. The number of ether oxygens (including phenoxy) is 1. The highest BCUT2D eigenvalue weighted by Crippen LogP contribution is 2.38. The first-order chi connectivity index (χ1) is 20.0. The van der Waals surface area contributed by atoms with E-state index >= 15 is 4.39 Å². The summed E-state index contributed by atoms with van der Waals surface area (Å²) < 4.78 is 62.7. The topological polar surface area (TPSA) is 60.1 Å². The summed E-state index contributed by atoms with van der Waals surface area (Å²) in [6, 6.07) is 10.6. The van der Waals surface area contributed by atoms with Gasteiger partial charge in [0, 0.05) is 56.2 Å². The maximum Gasteiger partial charge on any atom is 0.417 e. The summed E-state index contributed by atoms with van der Waals surface area (Å²) in [5.74, 6) is -1.44. The number of amides is 1. The molecule has 0 aromatic heterocycles. The van der Waals surface area contributed by atoms with Gasteiger partial charge >= 0.3 is 6.18 Å². The molecule has 3 aliphatic rings. The van der Waals surface area contributed by atoms with Gasteiger partial charge < -0.3 is 25.2 Å². The van der Waals surface area contributed by atoms with Crippen LogP contribution in [0.5, 0.6) is 0 Å². The van der Waals surface area contributed by atoms with Crippen molar-refractivity contribution < 1.29 is 27.1 Å². The SMILES string of the molecule is C=C1C=C(C(F)(F)F)C(C(=O)Nc2cc(-c3cccc(CN4CCOCC4)c3)c(F)cc2N2CCC(N(C)C)C2)=CN1. The molecular formula is C31H35F4N5O2. The fourth-order valence-electron chi connectivity index (χ4n) is 5.53. The zero-order valence-electron chi connectivity index (χ0n) is 23.7. The van der Waals surface area contributed by atoms with E-state index in [0.29, 0.717) is 44.1 Å². The minimum Gasteiger partial charge on any atom is -0.379 e. The van der Waals surface area contributed by atoms with Gasteiger partial charge in [-0.15, -0.1) is 0 Å². The molecule has 2 fully saturated rings. The molecule has 0 aliphatic carbocycles. The fourth-order valence-corrected chi connectivity index (χ4v) is 5.53. The van der Waals surface area contributed by atoms with Crippen LogP contribution >= 0.6 is 0 Å². The molecule has 0 radical (unpaired) electrons. The Labute approximate surface area is 243 Å². The molecule has 0 spiro atoms. The lowest BCUT2D eigenvalue weighted by molar-refractivity contribution is -0.115. The number of anilines is 2. The Kier molecular flexibility index (Phi) is 8.72. The smallest absolute Gasteiger partial charge is 0.379 e. The van der Waals surface area contributed by atoms with Gasteiger partial charge in [0.1, 0.15) is 5.82 Å². The van der Waals surface area contributed by atoms with Crippen molar-refractivity contribution in [2.45, 2.75) is 25.2 Å². The molecule has 11 heteroatoms. The zero-order valence-corrected chi connectivity index (χ0v) is 23.7. The predicted molar refractivity (Wildman–Crippen MR) is 155 cm³/mol. The zero-order chi connectivity index (χ0) is 30.0. The molecule has 3 heterocycles. The third-order valence-corrected chi connectivity index (χ3v) is 7.88. The van der Waals surface area contributed by atoms with E-state index in [1.807, 2.05) is 37.2 Å². The van der Waals surface area contributed by atoms with Crippen molar-refractivity contribution in [1.82, 2.24) is 15.1 Å². The lowest BCUT2D eigenvalue weighted by atomic mass is 9.99. The van der Waals surface area contributed by atoms with Crippen LogP contribution in [0.2, 0.25) is 0 Å². The van der Waals surface area contributed by atoms with Crippen LogP contribution < -0.4 is 15.5 Å². The number of hydrogen-bond donors (Lipinski definition) is 2. The average molecular weight is 586 g/mol. The summed E-state index contributed by atoms with van der Waals surface area (Å²) >= 11 is 0. The van der Waals surface area contributed by atoms with Crippen molar-refractivity contribution in [2.75, 3.05) is 63.7 Å². The lowest BCUT2D eigenvalue weighted by Gasteiger charge is -2.27. The van der Waals surface area contributed by atoms with Crippen molar-refractivity contribution in [1.29, 1.82) is 0 Å². The quantitative estimate of drug-likeness (QED) is 0.452. The van der Waals surface area contributed by atoms with E-state index < -0.39 is 29.0 Å². The van der Waals surface area contributed by atoms with Gasteiger partial charge in [-0.25, -0.2) is 4.39 Å². The van der Waals surface area contributed by atoms with Gasteiger partial charge in [-0.3, -0.25) is 9.69 Å². The van der Waals surface area contributed by atoms with Gasteiger partial charge in [0.2, 0.25) is 0 Å². The largest absolute Gasteiger partial charge is 0.417 e. The summed E-state index contributed by atoms with van der Waals surface area (Å²) in [6.45, 7) is 8.32. The van der Waals surface area contributed by atoms with Crippen molar-refractivity contribution in [3.05, 3.63) is 83.5 Å². The highest BCUT2D eigenvalue weighted by atomic mass is 19.4. The molecule has 2 saturated heterocycles. The molecule has 1 atom stereocenters. The third kappa shape index (κ3) is 6.69. The monoisotopic (exact) mass is 585 g/mol. The van der Waals surface area contributed by atoms with E-state index in [9.17, 15) is 18.0 Å². The number of nitrogens with zero attached hydrogens (tertiary/aromatic N) is 3. The predicted octanol–water partition coefficient (Wildman–Crippen LogP) is 4.89.